The van der Waals surface area contributed by atoms with Gasteiger partial charge in [0.2, 0.25) is 0 Å². The molecule has 25 heavy (non-hydrogen) atoms. The molecule has 1 aromatic rings. The molecule has 2 rings (SSSR count). The van der Waals surface area contributed by atoms with Gasteiger partial charge in [0.05, 0.1) is 7.11 Å². The van der Waals surface area contributed by atoms with Crippen molar-refractivity contribution < 1.29 is 19.1 Å². The highest BCUT2D eigenvalue weighted by molar-refractivity contribution is 5.75. The van der Waals surface area contributed by atoms with Crippen LogP contribution in [0.15, 0.2) is 24.3 Å². The van der Waals surface area contributed by atoms with Crippen LogP contribution in [-0.4, -0.2) is 60.8 Å². The molecule has 1 saturated heterocycles. The number of hydrogen-bond acceptors (Lipinski definition) is 4. The van der Waals surface area contributed by atoms with E-state index in [1.165, 1.54) is 0 Å². The van der Waals surface area contributed by atoms with E-state index in [0.29, 0.717) is 32.7 Å². The molecule has 3 amide bonds. The first-order valence-electron chi connectivity index (χ1n) is 8.42. The molecule has 0 aromatic heterocycles. The summed E-state index contributed by atoms with van der Waals surface area (Å²) in [6.07, 6.45) is -0.330. The van der Waals surface area contributed by atoms with Crippen LogP contribution in [0.5, 0.6) is 5.75 Å². The van der Waals surface area contributed by atoms with Gasteiger partial charge in [-0.2, -0.15) is 0 Å². The number of benzene rings is 1. The molecule has 0 aliphatic carbocycles. The topological polar surface area (TPSA) is 71.1 Å². The molecule has 1 fully saturated rings. The number of methoxy groups -OCH3 is 1. The van der Waals surface area contributed by atoms with Gasteiger partial charge in [-0.25, -0.2) is 9.59 Å². The molecule has 0 atom stereocenters. The van der Waals surface area contributed by atoms with Gasteiger partial charge in [-0.3, -0.25) is 0 Å². The average Bonchev–Trinajstić information content (AvgIpc) is 2.58. The smallest absolute Gasteiger partial charge is 0.410 e. The lowest BCUT2D eigenvalue weighted by Gasteiger charge is -2.35. The molecule has 1 heterocycles. The fourth-order valence-corrected chi connectivity index (χ4v) is 2.49. The summed E-state index contributed by atoms with van der Waals surface area (Å²) in [6, 6.07) is 7.44. The van der Waals surface area contributed by atoms with Crippen molar-refractivity contribution in [2.24, 2.45) is 0 Å². The van der Waals surface area contributed by atoms with Gasteiger partial charge in [-0.15, -0.1) is 0 Å². The van der Waals surface area contributed by atoms with E-state index < -0.39 is 5.60 Å². The maximum atomic E-state index is 12.3. The molecule has 7 nitrogen and oxygen atoms in total. The number of carbonyl (C=O) groups excluding carboxylic acids is 2. The third-order valence-electron chi connectivity index (χ3n) is 3.80. The Morgan fingerprint density at radius 3 is 2.36 bits per heavy atom. The molecule has 0 saturated carbocycles. The molecule has 0 bridgehead atoms. The maximum Gasteiger partial charge on any atom is 0.410 e. The Kier molecular flexibility index (Phi) is 6.12. The maximum absolute atomic E-state index is 12.3. The zero-order chi connectivity index (χ0) is 18.4. The summed E-state index contributed by atoms with van der Waals surface area (Å²) >= 11 is 0. The molecule has 0 unspecified atom stereocenters. The van der Waals surface area contributed by atoms with Crippen LogP contribution in [0.1, 0.15) is 26.3 Å². The van der Waals surface area contributed by atoms with Gasteiger partial charge < -0.3 is 24.6 Å². The van der Waals surface area contributed by atoms with Crippen LogP contribution in [0.4, 0.5) is 9.59 Å². The van der Waals surface area contributed by atoms with Gasteiger partial charge in [-0.05, 0) is 38.5 Å². The molecule has 1 aliphatic heterocycles. The molecule has 1 N–H and O–H groups in total. The summed E-state index contributed by atoms with van der Waals surface area (Å²) in [6.45, 7) is 7.88. The van der Waals surface area contributed by atoms with E-state index >= 15 is 0 Å². The van der Waals surface area contributed by atoms with E-state index in [4.69, 9.17) is 9.47 Å². The summed E-state index contributed by atoms with van der Waals surface area (Å²) in [4.78, 5) is 27.7. The molecule has 0 spiro atoms. The van der Waals surface area contributed by atoms with Crippen molar-refractivity contribution in [1.82, 2.24) is 15.1 Å². The Bertz CT molecular complexity index is 605. The van der Waals surface area contributed by atoms with E-state index in [2.05, 4.69) is 5.32 Å². The predicted octanol–water partition coefficient (Wildman–Crippen LogP) is 2.46. The van der Waals surface area contributed by atoms with E-state index in [1.807, 2.05) is 45.0 Å². The minimum Gasteiger partial charge on any atom is -0.497 e. The normalized spacial score (nSPS) is 14.9. The summed E-state index contributed by atoms with van der Waals surface area (Å²) in [5.74, 6) is 0.762. The lowest BCUT2D eigenvalue weighted by molar-refractivity contribution is 0.0170. The monoisotopic (exact) mass is 349 g/mol. The minimum atomic E-state index is -0.512. The number of rotatable bonds is 3. The molecule has 7 heteroatoms. The second-order valence-electron chi connectivity index (χ2n) is 6.96. The van der Waals surface area contributed by atoms with Crippen LogP contribution in [0.2, 0.25) is 0 Å². The Morgan fingerprint density at radius 1 is 1.12 bits per heavy atom. The standard InChI is InChI=1S/C18H27N3O4/c1-18(2,3)25-17(23)21-10-8-20(9-11-21)16(22)19-13-14-6-5-7-15(12-14)24-4/h5-7,12H,8-11,13H2,1-4H3,(H,19,22). The third-order valence-corrected chi connectivity index (χ3v) is 3.80. The average molecular weight is 349 g/mol. The highest BCUT2D eigenvalue weighted by Crippen LogP contribution is 2.13. The summed E-state index contributed by atoms with van der Waals surface area (Å²) in [5.41, 5.74) is 0.461. The Balaban J connectivity index is 1.78. The van der Waals surface area contributed by atoms with Crippen molar-refractivity contribution in [3.63, 3.8) is 0 Å². The highest BCUT2D eigenvalue weighted by Gasteiger charge is 2.27. The number of amides is 3. The quantitative estimate of drug-likeness (QED) is 0.910. The molecule has 1 aromatic carbocycles. The van der Waals surface area contributed by atoms with Crippen LogP contribution < -0.4 is 10.1 Å². The van der Waals surface area contributed by atoms with Gasteiger partial charge >= 0.3 is 12.1 Å². The fourth-order valence-electron chi connectivity index (χ4n) is 2.49. The first-order valence-corrected chi connectivity index (χ1v) is 8.42. The molecule has 0 radical (unpaired) electrons. The Hall–Kier alpha value is -2.44. The largest absolute Gasteiger partial charge is 0.497 e. The van der Waals surface area contributed by atoms with Crippen molar-refractivity contribution in [3.05, 3.63) is 29.8 Å². The number of carbonyl (C=O) groups is 2. The second-order valence-corrected chi connectivity index (χ2v) is 6.96. The molecular formula is C18H27N3O4. The number of nitrogens with one attached hydrogen (secondary N) is 1. The highest BCUT2D eigenvalue weighted by atomic mass is 16.6. The second kappa shape index (κ2) is 8.09. The van der Waals surface area contributed by atoms with Crippen molar-refractivity contribution >= 4 is 12.1 Å². The SMILES string of the molecule is COc1cccc(CNC(=O)N2CCN(C(=O)OC(C)(C)C)CC2)c1. The zero-order valence-corrected chi connectivity index (χ0v) is 15.4. The van der Waals surface area contributed by atoms with Crippen molar-refractivity contribution in [2.45, 2.75) is 32.9 Å². The summed E-state index contributed by atoms with van der Waals surface area (Å²) in [7, 11) is 1.61. The van der Waals surface area contributed by atoms with E-state index in [1.54, 1.807) is 16.9 Å². The summed E-state index contributed by atoms with van der Waals surface area (Å²) < 4.78 is 10.5. The van der Waals surface area contributed by atoms with E-state index in [0.717, 1.165) is 11.3 Å². The van der Waals surface area contributed by atoms with Crippen LogP contribution >= 0.6 is 0 Å². The van der Waals surface area contributed by atoms with Crippen molar-refractivity contribution in [2.75, 3.05) is 33.3 Å². The number of hydrogen-bond donors (Lipinski definition) is 1. The number of piperazine rings is 1. The van der Waals surface area contributed by atoms with Gasteiger partial charge in [0.15, 0.2) is 0 Å². The minimum absolute atomic E-state index is 0.133. The van der Waals surface area contributed by atoms with Gasteiger partial charge in [0, 0.05) is 32.7 Å². The van der Waals surface area contributed by atoms with Gasteiger partial charge in [0.25, 0.3) is 0 Å². The van der Waals surface area contributed by atoms with Crippen molar-refractivity contribution in [1.29, 1.82) is 0 Å². The number of ether oxygens (including phenoxy) is 2. The lowest BCUT2D eigenvalue weighted by Crippen LogP contribution is -2.53. The zero-order valence-electron chi connectivity index (χ0n) is 15.4. The molecular weight excluding hydrogens is 322 g/mol. The van der Waals surface area contributed by atoms with Gasteiger partial charge in [0.1, 0.15) is 11.4 Å². The van der Waals surface area contributed by atoms with Crippen molar-refractivity contribution in [3.8, 4) is 5.75 Å². The third kappa shape index (κ3) is 5.85. The summed E-state index contributed by atoms with van der Waals surface area (Å²) in [5, 5.41) is 2.90. The van der Waals surface area contributed by atoms with Crippen LogP contribution in [0.25, 0.3) is 0 Å². The fraction of sp³-hybridized carbons (Fsp3) is 0.556. The van der Waals surface area contributed by atoms with E-state index in [-0.39, 0.29) is 12.1 Å². The van der Waals surface area contributed by atoms with Gasteiger partial charge in [-0.1, -0.05) is 12.1 Å². The number of urea groups is 1. The predicted molar refractivity (Wildman–Crippen MR) is 94.6 cm³/mol. The van der Waals surface area contributed by atoms with Crippen LogP contribution in [0.3, 0.4) is 0 Å². The Labute approximate surface area is 148 Å². The Morgan fingerprint density at radius 2 is 1.76 bits per heavy atom. The molecule has 1 aliphatic rings. The first kappa shape index (κ1) is 18.9. The van der Waals surface area contributed by atoms with Crippen LogP contribution in [-0.2, 0) is 11.3 Å². The lowest BCUT2D eigenvalue weighted by atomic mass is 10.2. The van der Waals surface area contributed by atoms with E-state index in [9.17, 15) is 9.59 Å². The first-order chi connectivity index (χ1) is 11.8. The van der Waals surface area contributed by atoms with Crippen LogP contribution in [0, 0.1) is 0 Å². The molecule has 138 valence electrons. The number of nitrogens with zero attached hydrogens (tertiary/aromatic N) is 2.